The van der Waals surface area contributed by atoms with Crippen molar-refractivity contribution in [3.63, 3.8) is 0 Å². The summed E-state index contributed by atoms with van der Waals surface area (Å²) in [6, 6.07) is -0.234. The van der Waals surface area contributed by atoms with E-state index in [-0.39, 0.29) is 23.4 Å². The summed E-state index contributed by atoms with van der Waals surface area (Å²) in [5.41, 5.74) is 0.0243. The maximum absolute atomic E-state index is 12.5. The smallest absolute Gasteiger partial charge is 0.245 e. The van der Waals surface area contributed by atoms with Crippen LogP contribution in [0.1, 0.15) is 45.4 Å². The zero-order valence-electron chi connectivity index (χ0n) is 10.4. The Labute approximate surface area is 102 Å². The van der Waals surface area contributed by atoms with E-state index < -0.39 is 0 Å². The Hall–Kier alpha value is -1.06. The SMILES string of the molecule is CC1(N2CCC(=O)NC(C3CC3)C2=O)CCC1. The lowest BCUT2D eigenvalue weighted by atomic mass is 9.76. The lowest BCUT2D eigenvalue weighted by Gasteiger charge is -2.48. The first-order valence-electron chi connectivity index (χ1n) is 6.71. The van der Waals surface area contributed by atoms with Crippen LogP contribution in [-0.4, -0.2) is 34.8 Å². The quantitative estimate of drug-likeness (QED) is 0.779. The molecule has 1 N–H and O–H groups in total. The molecule has 0 radical (unpaired) electrons. The van der Waals surface area contributed by atoms with Gasteiger partial charge in [0.1, 0.15) is 6.04 Å². The Morgan fingerprint density at radius 2 is 2.00 bits per heavy atom. The molecule has 0 aromatic rings. The molecule has 0 bridgehead atoms. The Bertz CT molecular complexity index is 358. The van der Waals surface area contributed by atoms with Crippen LogP contribution in [0.25, 0.3) is 0 Å². The van der Waals surface area contributed by atoms with Crippen molar-refractivity contribution in [2.24, 2.45) is 5.92 Å². The zero-order chi connectivity index (χ0) is 12.0. The molecule has 0 spiro atoms. The predicted octanol–water partition coefficient (Wildman–Crippen LogP) is 1.06. The Balaban J connectivity index is 1.82. The van der Waals surface area contributed by atoms with Crippen LogP contribution in [0.3, 0.4) is 0 Å². The van der Waals surface area contributed by atoms with E-state index in [1.165, 1.54) is 6.42 Å². The third kappa shape index (κ3) is 1.83. The minimum atomic E-state index is -0.234. The fraction of sp³-hybridized carbons (Fsp3) is 0.846. The number of nitrogens with zero attached hydrogens (tertiary/aromatic N) is 1. The molecule has 4 heteroatoms. The summed E-state index contributed by atoms with van der Waals surface area (Å²) < 4.78 is 0. The summed E-state index contributed by atoms with van der Waals surface area (Å²) >= 11 is 0. The van der Waals surface area contributed by atoms with Crippen LogP contribution in [0.4, 0.5) is 0 Å². The molecule has 0 aromatic carbocycles. The summed E-state index contributed by atoms with van der Waals surface area (Å²) in [6.45, 7) is 2.76. The number of rotatable bonds is 2. The molecule has 1 atom stereocenters. The van der Waals surface area contributed by atoms with Gasteiger partial charge in [-0.25, -0.2) is 0 Å². The van der Waals surface area contributed by atoms with Crippen molar-refractivity contribution >= 4 is 11.8 Å². The van der Waals surface area contributed by atoms with E-state index in [4.69, 9.17) is 0 Å². The van der Waals surface area contributed by atoms with Crippen LogP contribution in [0.15, 0.2) is 0 Å². The van der Waals surface area contributed by atoms with Gasteiger partial charge in [-0.1, -0.05) is 0 Å². The normalized spacial score (nSPS) is 32.8. The highest BCUT2D eigenvalue weighted by Gasteiger charge is 2.47. The highest BCUT2D eigenvalue weighted by atomic mass is 16.2. The molecule has 2 saturated carbocycles. The van der Waals surface area contributed by atoms with Crippen LogP contribution in [0.2, 0.25) is 0 Å². The monoisotopic (exact) mass is 236 g/mol. The first kappa shape index (κ1) is 11.1. The number of carbonyl (C=O) groups is 2. The van der Waals surface area contributed by atoms with E-state index in [0.717, 1.165) is 25.7 Å². The summed E-state index contributed by atoms with van der Waals surface area (Å²) in [5, 5.41) is 2.91. The van der Waals surface area contributed by atoms with Crippen molar-refractivity contribution in [1.29, 1.82) is 0 Å². The molecular formula is C13H20N2O2. The molecule has 1 unspecified atom stereocenters. The third-order valence-corrected chi connectivity index (χ3v) is 4.59. The average molecular weight is 236 g/mol. The predicted molar refractivity (Wildman–Crippen MR) is 63.2 cm³/mol. The lowest BCUT2D eigenvalue weighted by Crippen LogP contribution is -2.58. The minimum Gasteiger partial charge on any atom is -0.344 e. The Morgan fingerprint density at radius 3 is 2.53 bits per heavy atom. The minimum absolute atomic E-state index is 0.0243. The van der Waals surface area contributed by atoms with Crippen molar-refractivity contribution in [1.82, 2.24) is 10.2 Å². The van der Waals surface area contributed by atoms with Gasteiger partial charge in [-0.2, -0.15) is 0 Å². The molecule has 0 aromatic heterocycles. The van der Waals surface area contributed by atoms with Gasteiger partial charge in [-0.05, 0) is 44.9 Å². The van der Waals surface area contributed by atoms with Crippen molar-refractivity contribution in [2.45, 2.75) is 57.0 Å². The van der Waals surface area contributed by atoms with Crippen molar-refractivity contribution < 1.29 is 9.59 Å². The topological polar surface area (TPSA) is 49.4 Å². The van der Waals surface area contributed by atoms with Crippen LogP contribution >= 0.6 is 0 Å². The highest BCUT2D eigenvalue weighted by molar-refractivity contribution is 5.91. The van der Waals surface area contributed by atoms with Crippen molar-refractivity contribution in [2.75, 3.05) is 6.54 Å². The number of nitrogens with one attached hydrogen (secondary N) is 1. The van der Waals surface area contributed by atoms with E-state index >= 15 is 0 Å². The van der Waals surface area contributed by atoms with Gasteiger partial charge in [0.05, 0.1) is 0 Å². The van der Waals surface area contributed by atoms with E-state index in [0.29, 0.717) is 18.9 Å². The molecule has 3 fully saturated rings. The fourth-order valence-corrected chi connectivity index (χ4v) is 3.04. The van der Waals surface area contributed by atoms with Crippen LogP contribution in [0, 0.1) is 5.92 Å². The van der Waals surface area contributed by atoms with Gasteiger partial charge >= 0.3 is 0 Å². The third-order valence-electron chi connectivity index (χ3n) is 4.59. The summed E-state index contributed by atoms with van der Waals surface area (Å²) in [4.78, 5) is 26.2. The molecule has 2 aliphatic carbocycles. The maximum atomic E-state index is 12.5. The molecule has 17 heavy (non-hydrogen) atoms. The number of carbonyl (C=O) groups excluding carboxylic acids is 2. The molecule has 94 valence electrons. The largest absolute Gasteiger partial charge is 0.344 e. The maximum Gasteiger partial charge on any atom is 0.245 e. The molecule has 1 heterocycles. The number of amides is 2. The Kier molecular flexibility index (Phi) is 2.42. The van der Waals surface area contributed by atoms with Gasteiger partial charge in [0.2, 0.25) is 11.8 Å². The van der Waals surface area contributed by atoms with E-state index in [9.17, 15) is 9.59 Å². The standard InChI is InChI=1S/C13H20N2O2/c1-13(6-2-7-13)15-8-5-10(16)14-11(12(15)17)9-3-4-9/h9,11H,2-8H2,1H3,(H,14,16). The molecule has 1 saturated heterocycles. The van der Waals surface area contributed by atoms with Crippen LogP contribution in [0.5, 0.6) is 0 Å². The first-order valence-corrected chi connectivity index (χ1v) is 6.71. The summed E-state index contributed by atoms with van der Waals surface area (Å²) in [7, 11) is 0. The zero-order valence-corrected chi connectivity index (χ0v) is 10.4. The molecule has 2 amide bonds. The van der Waals surface area contributed by atoms with Gasteiger partial charge in [-0.3, -0.25) is 9.59 Å². The second kappa shape index (κ2) is 3.72. The van der Waals surface area contributed by atoms with E-state index in [2.05, 4.69) is 12.2 Å². The molecule has 4 nitrogen and oxygen atoms in total. The van der Waals surface area contributed by atoms with Crippen LogP contribution < -0.4 is 5.32 Å². The lowest BCUT2D eigenvalue weighted by molar-refractivity contribution is -0.142. The first-order chi connectivity index (χ1) is 8.10. The average Bonchev–Trinajstić information content (AvgIpc) is 3.05. The van der Waals surface area contributed by atoms with Crippen molar-refractivity contribution in [3.05, 3.63) is 0 Å². The Morgan fingerprint density at radius 1 is 1.29 bits per heavy atom. The number of hydrogen-bond donors (Lipinski definition) is 1. The fourth-order valence-electron chi connectivity index (χ4n) is 3.04. The number of hydrogen-bond acceptors (Lipinski definition) is 2. The summed E-state index contributed by atoms with van der Waals surface area (Å²) in [6.07, 6.45) is 6.01. The van der Waals surface area contributed by atoms with Crippen molar-refractivity contribution in [3.8, 4) is 0 Å². The summed E-state index contributed by atoms with van der Waals surface area (Å²) in [5.74, 6) is 0.608. The van der Waals surface area contributed by atoms with E-state index in [1.807, 2.05) is 4.90 Å². The molecular weight excluding hydrogens is 216 g/mol. The van der Waals surface area contributed by atoms with Gasteiger partial charge in [0, 0.05) is 18.5 Å². The van der Waals surface area contributed by atoms with Crippen LogP contribution in [-0.2, 0) is 9.59 Å². The van der Waals surface area contributed by atoms with Gasteiger partial charge in [0.25, 0.3) is 0 Å². The molecule has 1 aliphatic heterocycles. The van der Waals surface area contributed by atoms with Gasteiger partial charge < -0.3 is 10.2 Å². The second-order valence-corrected chi connectivity index (χ2v) is 5.97. The second-order valence-electron chi connectivity index (χ2n) is 5.97. The van der Waals surface area contributed by atoms with E-state index in [1.54, 1.807) is 0 Å². The van der Waals surface area contributed by atoms with Gasteiger partial charge in [-0.15, -0.1) is 0 Å². The van der Waals surface area contributed by atoms with Gasteiger partial charge in [0.15, 0.2) is 0 Å². The highest BCUT2D eigenvalue weighted by Crippen LogP contribution is 2.40. The molecule has 3 rings (SSSR count). The molecule has 3 aliphatic rings.